The largest absolute Gasteiger partial charge is 0.444 e. The number of rotatable bonds is 5. The summed E-state index contributed by atoms with van der Waals surface area (Å²) in [7, 11) is 1.92. The number of aryl methyl sites for hydroxylation is 2. The number of hydrogen-bond donors (Lipinski definition) is 2. The lowest BCUT2D eigenvalue weighted by Crippen LogP contribution is -2.47. The van der Waals surface area contributed by atoms with Gasteiger partial charge in [0, 0.05) is 37.0 Å². The monoisotopic (exact) mass is 456 g/mol. The predicted octanol–water partition coefficient (Wildman–Crippen LogP) is 2.95. The van der Waals surface area contributed by atoms with Gasteiger partial charge in [-0.05, 0) is 46.6 Å². The van der Waals surface area contributed by atoms with Crippen molar-refractivity contribution in [1.82, 2.24) is 30.1 Å². The van der Waals surface area contributed by atoms with Gasteiger partial charge in [0.2, 0.25) is 11.7 Å². The Labute approximate surface area is 192 Å². The van der Waals surface area contributed by atoms with Crippen molar-refractivity contribution < 1.29 is 19.2 Å². The fourth-order valence-corrected chi connectivity index (χ4v) is 4.16. The van der Waals surface area contributed by atoms with E-state index in [-0.39, 0.29) is 12.5 Å². The van der Waals surface area contributed by atoms with Crippen LogP contribution in [0.2, 0.25) is 0 Å². The Morgan fingerprint density at radius 3 is 2.76 bits per heavy atom. The first-order chi connectivity index (χ1) is 15.6. The summed E-state index contributed by atoms with van der Waals surface area (Å²) in [6, 6.07) is 6.05. The van der Waals surface area contributed by atoms with Crippen molar-refractivity contribution >= 4 is 17.0 Å². The van der Waals surface area contributed by atoms with E-state index in [1.807, 2.05) is 41.8 Å². The van der Waals surface area contributed by atoms with Crippen LogP contribution in [0, 0.1) is 6.92 Å². The minimum Gasteiger partial charge on any atom is -0.444 e. The number of fused-ring (bicyclic) bond motifs is 1. The van der Waals surface area contributed by atoms with Gasteiger partial charge in [-0.25, -0.2) is 4.79 Å². The SMILES string of the molecule is Cc1nn(C)c2cc(-c3noc(C4CCN(C(O)CNC(=O)OC(C)(C)C)CC4)n3)ccc12. The smallest absolute Gasteiger partial charge is 0.407 e. The summed E-state index contributed by atoms with van der Waals surface area (Å²) in [6.07, 6.45) is 0.260. The summed E-state index contributed by atoms with van der Waals surface area (Å²) >= 11 is 0. The van der Waals surface area contributed by atoms with Gasteiger partial charge < -0.3 is 19.7 Å². The number of likely N-dealkylation sites (tertiary alicyclic amines) is 1. The summed E-state index contributed by atoms with van der Waals surface area (Å²) in [4.78, 5) is 18.4. The Bertz CT molecular complexity index is 1120. The molecule has 0 radical (unpaired) electrons. The van der Waals surface area contributed by atoms with Gasteiger partial charge in [-0.15, -0.1) is 0 Å². The number of amides is 1. The third kappa shape index (κ3) is 5.33. The average molecular weight is 457 g/mol. The highest BCUT2D eigenvalue weighted by Crippen LogP contribution is 2.30. The molecule has 0 aliphatic carbocycles. The first kappa shape index (κ1) is 23.2. The number of hydrogen-bond acceptors (Lipinski definition) is 8. The number of nitrogens with zero attached hydrogens (tertiary/aromatic N) is 5. The van der Waals surface area contributed by atoms with E-state index in [9.17, 15) is 9.90 Å². The van der Waals surface area contributed by atoms with Crippen LogP contribution in [0.25, 0.3) is 22.3 Å². The lowest BCUT2D eigenvalue weighted by atomic mass is 9.96. The molecule has 10 heteroatoms. The molecule has 178 valence electrons. The Morgan fingerprint density at radius 2 is 2.06 bits per heavy atom. The molecule has 4 rings (SSSR count). The molecule has 1 unspecified atom stereocenters. The second kappa shape index (κ2) is 9.11. The molecule has 3 heterocycles. The number of aromatic nitrogens is 4. The van der Waals surface area contributed by atoms with E-state index in [0.29, 0.717) is 24.8 Å². The van der Waals surface area contributed by atoms with Gasteiger partial charge >= 0.3 is 6.09 Å². The molecule has 2 aromatic heterocycles. The highest BCUT2D eigenvalue weighted by atomic mass is 16.6. The van der Waals surface area contributed by atoms with Crippen molar-refractivity contribution in [1.29, 1.82) is 0 Å². The van der Waals surface area contributed by atoms with E-state index < -0.39 is 17.9 Å². The quantitative estimate of drug-likeness (QED) is 0.602. The number of carbonyl (C=O) groups excluding carboxylic acids is 1. The topological polar surface area (TPSA) is 119 Å². The molecular weight excluding hydrogens is 424 g/mol. The molecule has 1 aliphatic heterocycles. The standard InChI is InChI=1S/C23H32N6O4/c1-14-17-7-6-16(12-18(17)28(5)26-14)20-25-21(33-27-20)15-8-10-29(11-9-15)19(30)13-24-22(31)32-23(2,3)4/h6-7,12,15,19,30H,8-11,13H2,1-5H3,(H,24,31). The van der Waals surface area contributed by atoms with Crippen LogP contribution in [0.1, 0.15) is 51.1 Å². The van der Waals surface area contributed by atoms with Gasteiger partial charge in [-0.2, -0.15) is 10.1 Å². The van der Waals surface area contributed by atoms with Gasteiger partial charge in [0.05, 0.1) is 17.8 Å². The lowest BCUT2D eigenvalue weighted by molar-refractivity contribution is -0.0145. The minimum absolute atomic E-state index is 0.111. The van der Waals surface area contributed by atoms with Crippen molar-refractivity contribution in [3.63, 3.8) is 0 Å². The zero-order valence-corrected chi connectivity index (χ0v) is 19.8. The van der Waals surface area contributed by atoms with Crippen LogP contribution in [-0.4, -0.2) is 67.5 Å². The zero-order valence-electron chi connectivity index (χ0n) is 19.8. The van der Waals surface area contributed by atoms with E-state index in [4.69, 9.17) is 9.26 Å². The molecule has 1 atom stereocenters. The Balaban J connectivity index is 1.33. The summed E-state index contributed by atoms with van der Waals surface area (Å²) in [5.74, 6) is 1.32. The number of ether oxygens (including phenoxy) is 1. The van der Waals surface area contributed by atoms with Crippen LogP contribution in [0.5, 0.6) is 0 Å². The van der Waals surface area contributed by atoms with E-state index in [1.165, 1.54) is 0 Å². The first-order valence-corrected chi connectivity index (χ1v) is 11.3. The van der Waals surface area contributed by atoms with Crippen molar-refractivity contribution in [3.8, 4) is 11.4 Å². The first-order valence-electron chi connectivity index (χ1n) is 11.3. The van der Waals surface area contributed by atoms with Gasteiger partial charge in [0.15, 0.2) is 0 Å². The van der Waals surface area contributed by atoms with Crippen LogP contribution >= 0.6 is 0 Å². The van der Waals surface area contributed by atoms with Gasteiger partial charge in [0.1, 0.15) is 11.8 Å². The maximum absolute atomic E-state index is 11.8. The molecule has 1 aromatic carbocycles. The number of alkyl carbamates (subject to hydrolysis) is 1. The fourth-order valence-electron chi connectivity index (χ4n) is 4.16. The third-order valence-electron chi connectivity index (χ3n) is 5.86. The second-order valence-electron chi connectivity index (χ2n) is 9.57. The van der Waals surface area contributed by atoms with Crippen LogP contribution in [0.3, 0.4) is 0 Å². The second-order valence-corrected chi connectivity index (χ2v) is 9.57. The average Bonchev–Trinajstić information content (AvgIpc) is 3.36. The molecule has 0 bridgehead atoms. The molecule has 1 amide bonds. The maximum Gasteiger partial charge on any atom is 0.407 e. The Kier molecular flexibility index (Phi) is 6.40. The number of aliphatic hydroxyl groups excluding tert-OH is 1. The Hall–Kier alpha value is -2.98. The maximum atomic E-state index is 11.8. The van der Waals surface area contributed by atoms with E-state index in [2.05, 4.69) is 20.6 Å². The number of carbonyl (C=O) groups is 1. The predicted molar refractivity (Wildman–Crippen MR) is 123 cm³/mol. The molecular formula is C23H32N6O4. The van der Waals surface area contributed by atoms with Gasteiger partial charge in [0.25, 0.3) is 0 Å². The molecule has 1 aliphatic rings. The number of nitrogens with one attached hydrogen (secondary N) is 1. The lowest BCUT2D eigenvalue weighted by Gasteiger charge is -2.34. The third-order valence-corrected chi connectivity index (χ3v) is 5.86. The zero-order chi connectivity index (χ0) is 23.8. The molecule has 10 nitrogen and oxygen atoms in total. The van der Waals surface area contributed by atoms with Crippen LogP contribution in [0.4, 0.5) is 4.79 Å². The van der Waals surface area contributed by atoms with Crippen molar-refractivity contribution in [2.75, 3.05) is 19.6 Å². The molecule has 3 aromatic rings. The molecule has 1 fully saturated rings. The normalized spacial score (nSPS) is 16.8. The van der Waals surface area contributed by atoms with E-state index >= 15 is 0 Å². The van der Waals surface area contributed by atoms with Crippen LogP contribution in [-0.2, 0) is 11.8 Å². The summed E-state index contributed by atoms with van der Waals surface area (Å²) in [5, 5.41) is 22.8. The number of aliphatic hydroxyl groups is 1. The van der Waals surface area contributed by atoms with E-state index in [1.54, 1.807) is 20.8 Å². The highest BCUT2D eigenvalue weighted by Gasteiger charge is 2.29. The summed E-state index contributed by atoms with van der Waals surface area (Å²) in [6.45, 7) is 8.84. The van der Waals surface area contributed by atoms with Crippen LogP contribution < -0.4 is 5.32 Å². The van der Waals surface area contributed by atoms with Gasteiger partial charge in [-0.3, -0.25) is 9.58 Å². The molecule has 1 saturated heterocycles. The summed E-state index contributed by atoms with van der Waals surface area (Å²) in [5.41, 5.74) is 2.34. The van der Waals surface area contributed by atoms with Crippen molar-refractivity contribution in [2.45, 2.75) is 58.3 Å². The molecule has 0 spiro atoms. The Morgan fingerprint density at radius 1 is 1.33 bits per heavy atom. The van der Waals surface area contributed by atoms with Crippen molar-refractivity contribution in [2.24, 2.45) is 7.05 Å². The van der Waals surface area contributed by atoms with Crippen molar-refractivity contribution in [3.05, 3.63) is 29.8 Å². The molecule has 0 saturated carbocycles. The van der Waals surface area contributed by atoms with Gasteiger partial charge in [-0.1, -0.05) is 17.3 Å². The minimum atomic E-state index is -0.772. The molecule has 33 heavy (non-hydrogen) atoms. The number of piperidine rings is 1. The fraction of sp³-hybridized carbons (Fsp3) is 0.565. The highest BCUT2D eigenvalue weighted by molar-refractivity contribution is 5.85. The molecule has 2 N–H and O–H groups in total. The van der Waals surface area contributed by atoms with Crippen LogP contribution in [0.15, 0.2) is 22.7 Å². The van der Waals surface area contributed by atoms with E-state index in [0.717, 1.165) is 35.0 Å². The number of benzene rings is 1. The summed E-state index contributed by atoms with van der Waals surface area (Å²) < 4.78 is 12.7.